The molecule has 7 heteroatoms. The van der Waals surface area contributed by atoms with Gasteiger partial charge in [0.2, 0.25) is 11.8 Å². The Morgan fingerprint density at radius 2 is 1.92 bits per heavy atom. The summed E-state index contributed by atoms with van der Waals surface area (Å²) in [5, 5.41) is 6.71. The van der Waals surface area contributed by atoms with Gasteiger partial charge in [-0.3, -0.25) is 10.1 Å². The minimum Gasteiger partial charge on any atom is -0.338 e. The van der Waals surface area contributed by atoms with E-state index in [1.54, 1.807) is 24.3 Å². The van der Waals surface area contributed by atoms with Crippen molar-refractivity contribution in [3.63, 3.8) is 0 Å². The van der Waals surface area contributed by atoms with Crippen LogP contribution in [0.15, 0.2) is 33.7 Å². The molecular weight excluding hydrogens is 340 g/mol. The van der Waals surface area contributed by atoms with Gasteiger partial charge in [-0.25, -0.2) is 8.42 Å². The van der Waals surface area contributed by atoms with E-state index < -0.39 is 9.84 Å². The van der Waals surface area contributed by atoms with Crippen molar-refractivity contribution in [1.29, 1.82) is 0 Å². The molecule has 0 radical (unpaired) electrons. The molecule has 2 aromatic rings. The molecule has 1 N–H and O–H groups in total. The number of anilines is 1. The van der Waals surface area contributed by atoms with Crippen LogP contribution in [0.2, 0.25) is 0 Å². The van der Waals surface area contributed by atoms with Crippen LogP contribution >= 0.6 is 0 Å². The number of benzene rings is 1. The average Bonchev–Trinajstić information content (AvgIpc) is 2.98. The standard InChI is InChI=1S/C18H22N2O4S/c1-13-8-10-14(11-9-13)25(22,23)12-4-7-17(21)19-18-15-5-2-3-6-16(15)20-24-18/h8-11H,2-7,12H2,1H3,(H,19,21). The minimum absolute atomic E-state index is 0.0575. The van der Waals surface area contributed by atoms with E-state index in [0.717, 1.165) is 42.5 Å². The van der Waals surface area contributed by atoms with Crippen LogP contribution in [0.25, 0.3) is 0 Å². The van der Waals surface area contributed by atoms with Crippen molar-refractivity contribution in [3.05, 3.63) is 41.1 Å². The maximum atomic E-state index is 12.3. The summed E-state index contributed by atoms with van der Waals surface area (Å²) in [6.45, 7) is 1.91. The van der Waals surface area contributed by atoms with Crippen molar-refractivity contribution in [2.45, 2.75) is 50.3 Å². The van der Waals surface area contributed by atoms with Gasteiger partial charge < -0.3 is 4.52 Å². The quantitative estimate of drug-likeness (QED) is 0.853. The summed E-state index contributed by atoms with van der Waals surface area (Å²) < 4.78 is 29.8. The van der Waals surface area contributed by atoms with Crippen molar-refractivity contribution in [3.8, 4) is 0 Å². The number of sulfone groups is 1. The molecule has 25 heavy (non-hydrogen) atoms. The third-order valence-electron chi connectivity index (χ3n) is 4.41. The van der Waals surface area contributed by atoms with Gasteiger partial charge in [0.15, 0.2) is 9.84 Å². The molecule has 134 valence electrons. The average molecular weight is 362 g/mol. The number of rotatable bonds is 6. The molecule has 0 spiro atoms. The van der Waals surface area contributed by atoms with E-state index in [2.05, 4.69) is 10.5 Å². The van der Waals surface area contributed by atoms with E-state index in [1.165, 1.54) is 0 Å². The number of carbonyl (C=O) groups is 1. The van der Waals surface area contributed by atoms with Gasteiger partial charge in [-0.2, -0.15) is 0 Å². The molecule has 3 rings (SSSR count). The van der Waals surface area contributed by atoms with Crippen LogP contribution in [-0.2, 0) is 27.5 Å². The van der Waals surface area contributed by atoms with Crippen LogP contribution in [0.3, 0.4) is 0 Å². The molecule has 1 amide bonds. The van der Waals surface area contributed by atoms with Gasteiger partial charge in [0.05, 0.1) is 16.3 Å². The van der Waals surface area contributed by atoms with Crippen LogP contribution in [0, 0.1) is 6.92 Å². The lowest BCUT2D eigenvalue weighted by molar-refractivity contribution is -0.116. The van der Waals surface area contributed by atoms with Gasteiger partial charge in [0.25, 0.3) is 0 Å². The number of nitrogens with one attached hydrogen (secondary N) is 1. The highest BCUT2D eigenvalue weighted by atomic mass is 32.2. The monoisotopic (exact) mass is 362 g/mol. The van der Waals surface area contributed by atoms with Gasteiger partial charge in [-0.15, -0.1) is 0 Å². The molecule has 1 aliphatic rings. The van der Waals surface area contributed by atoms with Crippen molar-refractivity contribution < 1.29 is 17.7 Å². The zero-order valence-electron chi connectivity index (χ0n) is 14.2. The van der Waals surface area contributed by atoms with Crippen LogP contribution < -0.4 is 5.32 Å². The Bertz CT molecular complexity index is 854. The molecule has 0 saturated carbocycles. The van der Waals surface area contributed by atoms with Crippen molar-refractivity contribution >= 4 is 21.6 Å². The molecule has 0 aliphatic heterocycles. The highest BCUT2D eigenvalue weighted by Crippen LogP contribution is 2.27. The maximum absolute atomic E-state index is 12.3. The van der Waals surface area contributed by atoms with Crippen molar-refractivity contribution in [2.24, 2.45) is 0 Å². The largest absolute Gasteiger partial charge is 0.338 e. The molecule has 0 saturated heterocycles. The summed E-state index contributed by atoms with van der Waals surface area (Å²) in [5.74, 6) is 0.113. The second-order valence-electron chi connectivity index (χ2n) is 6.43. The van der Waals surface area contributed by atoms with Gasteiger partial charge in [-0.05, 0) is 51.2 Å². The molecule has 6 nitrogen and oxygen atoms in total. The summed E-state index contributed by atoms with van der Waals surface area (Å²) in [5.41, 5.74) is 2.91. The Labute approximate surface area is 147 Å². The topological polar surface area (TPSA) is 89.3 Å². The van der Waals surface area contributed by atoms with Crippen molar-refractivity contribution in [1.82, 2.24) is 5.16 Å². The third kappa shape index (κ3) is 4.28. The van der Waals surface area contributed by atoms with Gasteiger partial charge >= 0.3 is 0 Å². The van der Waals surface area contributed by atoms with E-state index >= 15 is 0 Å². The second-order valence-corrected chi connectivity index (χ2v) is 8.54. The lowest BCUT2D eigenvalue weighted by Crippen LogP contribution is -2.15. The first-order valence-electron chi connectivity index (χ1n) is 8.52. The fourth-order valence-electron chi connectivity index (χ4n) is 2.96. The number of nitrogens with zero attached hydrogens (tertiary/aromatic N) is 1. The predicted molar refractivity (Wildman–Crippen MR) is 94.2 cm³/mol. The fourth-order valence-corrected chi connectivity index (χ4v) is 4.27. The Balaban J connectivity index is 1.52. The van der Waals surface area contributed by atoms with E-state index in [9.17, 15) is 13.2 Å². The number of carbonyl (C=O) groups excluding carboxylic acids is 1. The highest BCUT2D eigenvalue weighted by Gasteiger charge is 2.21. The molecule has 1 aliphatic carbocycles. The smallest absolute Gasteiger partial charge is 0.234 e. The molecular formula is C18H22N2O4S. The van der Waals surface area contributed by atoms with Gasteiger partial charge in [0, 0.05) is 12.0 Å². The zero-order chi connectivity index (χ0) is 17.9. The summed E-state index contributed by atoms with van der Waals surface area (Å²) in [7, 11) is -3.36. The SMILES string of the molecule is Cc1ccc(S(=O)(=O)CCCC(=O)Nc2onc3c2CCCC3)cc1. The Kier molecular flexibility index (Phi) is 5.22. The summed E-state index contributed by atoms with van der Waals surface area (Å²) in [4.78, 5) is 12.4. The number of fused-ring (bicyclic) bond motifs is 1. The van der Waals surface area contributed by atoms with E-state index in [0.29, 0.717) is 10.8 Å². The lowest BCUT2D eigenvalue weighted by Gasteiger charge is -2.09. The number of hydrogen-bond acceptors (Lipinski definition) is 5. The number of aryl methyl sites for hydroxylation is 2. The molecule has 1 heterocycles. The first kappa shape index (κ1) is 17.7. The second kappa shape index (κ2) is 7.39. The number of amides is 1. The molecule has 1 aromatic carbocycles. The Morgan fingerprint density at radius 1 is 1.20 bits per heavy atom. The molecule has 1 aromatic heterocycles. The van der Waals surface area contributed by atoms with Gasteiger partial charge in [0.1, 0.15) is 0 Å². The normalized spacial score (nSPS) is 14.1. The molecule has 0 bridgehead atoms. The Morgan fingerprint density at radius 3 is 2.68 bits per heavy atom. The number of aromatic nitrogens is 1. The van der Waals surface area contributed by atoms with Gasteiger partial charge in [-0.1, -0.05) is 22.9 Å². The molecule has 0 unspecified atom stereocenters. The van der Waals surface area contributed by atoms with Crippen LogP contribution in [0.5, 0.6) is 0 Å². The number of hydrogen-bond donors (Lipinski definition) is 1. The van der Waals surface area contributed by atoms with E-state index in [4.69, 9.17) is 4.52 Å². The molecule has 0 fully saturated rings. The van der Waals surface area contributed by atoms with Crippen molar-refractivity contribution in [2.75, 3.05) is 11.1 Å². The predicted octanol–water partition coefficient (Wildman–Crippen LogP) is 3.05. The minimum atomic E-state index is -3.36. The van der Waals surface area contributed by atoms with E-state index in [1.807, 2.05) is 6.92 Å². The fraction of sp³-hybridized carbons (Fsp3) is 0.444. The highest BCUT2D eigenvalue weighted by molar-refractivity contribution is 7.91. The lowest BCUT2D eigenvalue weighted by atomic mass is 9.98. The van der Waals surface area contributed by atoms with E-state index in [-0.39, 0.29) is 24.5 Å². The maximum Gasteiger partial charge on any atom is 0.234 e. The Hall–Kier alpha value is -2.15. The summed E-state index contributed by atoms with van der Waals surface area (Å²) in [6.07, 6.45) is 4.27. The molecule has 0 atom stereocenters. The first-order chi connectivity index (χ1) is 12.0. The summed E-state index contributed by atoms with van der Waals surface area (Å²) >= 11 is 0. The first-order valence-corrected chi connectivity index (χ1v) is 10.2. The zero-order valence-corrected chi connectivity index (χ0v) is 15.1. The third-order valence-corrected chi connectivity index (χ3v) is 6.23. The van der Waals surface area contributed by atoms with Crippen LogP contribution in [-0.4, -0.2) is 25.2 Å². The van der Waals surface area contributed by atoms with Crippen LogP contribution in [0.1, 0.15) is 42.5 Å². The van der Waals surface area contributed by atoms with Crippen LogP contribution in [0.4, 0.5) is 5.88 Å². The summed E-state index contributed by atoms with van der Waals surface area (Å²) in [6, 6.07) is 6.75.